The zero-order valence-corrected chi connectivity index (χ0v) is 13.5. The minimum atomic E-state index is -0.371. The molecular weight excluding hydrogens is 292 g/mol. The quantitative estimate of drug-likeness (QED) is 0.848. The van der Waals surface area contributed by atoms with E-state index >= 15 is 0 Å². The fraction of sp³-hybridized carbons (Fsp3) is 0.611. The van der Waals surface area contributed by atoms with Gasteiger partial charge >= 0.3 is 0 Å². The number of fused-ring (bicyclic) bond motifs is 2. The molecule has 5 nitrogen and oxygen atoms in total. The zero-order valence-electron chi connectivity index (χ0n) is 13.5. The van der Waals surface area contributed by atoms with E-state index in [2.05, 4.69) is 30.4 Å². The highest BCUT2D eigenvalue weighted by Crippen LogP contribution is 2.31. The van der Waals surface area contributed by atoms with Gasteiger partial charge in [0.1, 0.15) is 6.10 Å². The Morgan fingerprint density at radius 1 is 1.30 bits per heavy atom. The van der Waals surface area contributed by atoms with Crippen LogP contribution in [0.15, 0.2) is 24.3 Å². The molecule has 1 amide bonds. The van der Waals surface area contributed by atoms with Gasteiger partial charge in [-0.1, -0.05) is 24.3 Å². The second-order valence-corrected chi connectivity index (χ2v) is 6.68. The van der Waals surface area contributed by atoms with Crippen molar-refractivity contribution in [3.05, 3.63) is 35.4 Å². The predicted octanol–water partition coefficient (Wildman–Crippen LogP) is 1.28. The van der Waals surface area contributed by atoms with Gasteiger partial charge in [0.25, 0.3) is 5.91 Å². The summed E-state index contributed by atoms with van der Waals surface area (Å²) in [7, 11) is 0. The van der Waals surface area contributed by atoms with Crippen molar-refractivity contribution in [2.24, 2.45) is 0 Å². The molecule has 3 aliphatic rings. The number of carbonyl (C=O) groups is 1. The van der Waals surface area contributed by atoms with Crippen LogP contribution < -0.4 is 5.32 Å². The molecule has 3 aliphatic heterocycles. The number of nitrogens with one attached hydrogen (secondary N) is 1. The van der Waals surface area contributed by atoms with Crippen molar-refractivity contribution in [2.75, 3.05) is 26.3 Å². The molecule has 0 spiro atoms. The minimum absolute atomic E-state index is 0.0961. The number of hydrogen-bond donors (Lipinski definition) is 1. The van der Waals surface area contributed by atoms with Gasteiger partial charge in [0, 0.05) is 19.5 Å². The highest BCUT2D eigenvalue weighted by Gasteiger charge is 2.40. The third-order valence-electron chi connectivity index (χ3n) is 5.37. The molecule has 0 saturated carbocycles. The van der Waals surface area contributed by atoms with Gasteiger partial charge in [-0.25, -0.2) is 0 Å². The fourth-order valence-electron chi connectivity index (χ4n) is 4.03. The van der Waals surface area contributed by atoms with Gasteiger partial charge in [-0.15, -0.1) is 0 Å². The summed E-state index contributed by atoms with van der Waals surface area (Å²) in [6.07, 6.45) is 1.30. The summed E-state index contributed by atoms with van der Waals surface area (Å²) >= 11 is 0. The second kappa shape index (κ2) is 6.23. The summed E-state index contributed by atoms with van der Waals surface area (Å²) in [5.41, 5.74) is 2.62. The average molecular weight is 316 g/mol. The normalized spacial score (nSPS) is 33.7. The van der Waals surface area contributed by atoms with Gasteiger partial charge in [0.05, 0.1) is 31.4 Å². The van der Waals surface area contributed by atoms with E-state index in [1.165, 1.54) is 11.1 Å². The molecule has 1 aromatic carbocycles. The molecule has 2 fully saturated rings. The van der Waals surface area contributed by atoms with Crippen LogP contribution in [0, 0.1) is 0 Å². The molecule has 0 bridgehead atoms. The lowest BCUT2D eigenvalue weighted by Crippen LogP contribution is -2.58. The summed E-state index contributed by atoms with van der Waals surface area (Å²) in [5.74, 6) is 0.111. The molecule has 1 aromatic rings. The van der Waals surface area contributed by atoms with Gasteiger partial charge < -0.3 is 19.7 Å². The Labute approximate surface area is 136 Å². The van der Waals surface area contributed by atoms with Crippen molar-refractivity contribution < 1.29 is 14.3 Å². The molecule has 0 aromatic heterocycles. The maximum absolute atomic E-state index is 13.0. The molecule has 0 radical (unpaired) electrons. The van der Waals surface area contributed by atoms with Crippen molar-refractivity contribution >= 4 is 5.91 Å². The van der Waals surface area contributed by atoms with Crippen LogP contribution in [-0.4, -0.2) is 55.4 Å². The molecule has 1 N–H and O–H groups in total. The van der Waals surface area contributed by atoms with Gasteiger partial charge in [0.2, 0.25) is 0 Å². The van der Waals surface area contributed by atoms with Crippen molar-refractivity contribution in [3.63, 3.8) is 0 Å². The van der Waals surface area contributed by atoms with Crippen LogP contribution >= 0.6 is 0 Å². The summed E-state index contributed by atoms with van der Waals surface area (Å²) in [6, 6.07) is 8.75. The van der Waals surface area contributed by atoms with Gasteiger partial charge in [-0.05, 0) is 24.5 Å². The number of rotatable bonds is 1. The highest BCUT2D eigenvalue weighted by atomic mass is 16.5. The molecule has 4 atom stereocenters. The molecule has 3 heterocycles. The van der Waals surface area contributed by atoms with E-state index < -0.39 is 0 Å². The van der Waals surface area contributed by atoms with Crippen molar-refractivity contribution in [1.29, 1.82) is 0 Å². The largest absolute Gasteiger partial charge is 0.375 e. The lowest BCUT2D eigenvalue weighted by Gasteiger charge is -2.42. The number of ether oxygens (including phenoxy) is 2. The first kappa shape index (κ1) is 15.1. The lowest BCUT2D eigenvalue weighted by molar-refractivity contribution is -0.161. The number of hydrogen-bond acceptors (Lipinski definition) is 4. The Bertz CT molecular complexity index is 591. The van der Waals surface area contributed by atoms with E-state index in [4.69, 9.17) is 9.47 Å². The topological polar surface area (TPSA) is 50.8 Å². The van der Waals surface area contributed by atoms with E-state index in [0.29, 0.717) is 13.0 Å². The summed E-state index contributed by atoms with van der Waals surface area (Å²) in [5, 5.41) is 3.41. The average Bonchev–Trinajstić information content (AvgIpc) is 2.61. The number of morpholine rings is 1. The van der Waals surface area contributed by atoms with E-state index in [-0.39, 0.29) is 30.2 Å². The Balaban J connectivity index is 1.47. The second-order valence-electron chi connectivity index (χ2n) is 6.68. The van der Waals surface area contributed by atoms with Gasteiger partial charge in [0.15, 0.2) is 0 Å². The van der Waals surface area contributed by atoms with Crippen LogP contribution in [0.1, 0.15) is 30.5 Å². The van der Waals surface area contributed by atoms with E-state index in [0.717, 1.165) is 26.1 Å². The lowest BCUT2D eigenvalue weighted by atomic mass is 9.92. The number of benzene rings is 1. The number of nitrogens with zero attached hydrogens (tertiary/aromatic N) is 1. The molecule has 4 rings (SSSR count). The summed E-state index contributed by atoms with van der Waals surface area (Å²) in [6.45, 7) is 5.02. The highest BCUT2D eigenvalue weighted by molar-refractivity contribution is 5.82. The Kier molecular flexibility index (Phi) is 4.09. The molecular formula is C18H24N2O3. The maximum Gasteiger partial charge on any atom is 0.252 e. The molecule has 124 valence electrons. The monoisotopic (exact) mass is 316 g/mol. The smallest absolute Gasteiger partial charge is 0.252 e. The summed E-state index contributed by atoms with van der Waals surface area (Å²) in [4.78, 5) is 14.9. The predicted molar refractivity (Wildman–Crippen MR) is 86.2 cm³/mol. The van der Waals surface area contributed by atoms with Gasteiger partial charge in [-0.2, -0.15) is 0 Å². The van der Waals surface area contributed by atoms with E-state index in [1.807, 2.05) is 11.0 Å². The molecule has 0 aliphatic carbocycles. The molecule has 5 heteroatoms. The van der Waals surface area contributed by atoms with Crippen molar-refractivity contribution in [3.8, 4) is 0 Å². The Morgan fingerprint density at radius 2 is 2.17 bits per heavy atom. The minimum Gasteiger partial charge on any atom is -0.375 e. The number of carbonyl (C=O) groups excluding carboxylic acids is 1. The van der Waals surface area contributed by atoms with Crippen LogP contribution in [0.25, 0.3) is 0 Å². The van der Waals surface area contributed by atoms with Crippen LogP contribution in [0.3, 0.4) is 0 Å². The SMILES string of the molecule is C[C@H]1c2ccccc2CCN1C(=O)[C@H]1C[C@@H]2OCCN[C@@H]2CO1. The van der Waals surface area contributed by atoms with E-state index in [9.17, 15) is 4.79 Å². The van der Waals surface area contributed by atoms with E-state index in [1.54, 1.807) is 0 Å². The fourth-order valence-corrected chi connectivity index (χ4v) is 4.03. The first-order chi connectivity index (χ1) is 11.2. The first-order valence-corrected chi connectivity index (χ1v) is 8.59. The van der Waals surface area contributed by atoms with Crippen LogP contribution in [0.5, 0.6) is 0 Å². The van der Waals surface area contributed by atoms with Gasteiger partial charge in [-0.3, -0.25) is 4.79 Å². The van der Waals surface area contributed by atoms with Crippen LogP contribution in [0.2, 0.25) is 0 Å². The molecule has 0 unspecified atom stereocenters. The Hall–Kier alpha value is -1.43. The third-order valence-corrected chi connectivity index (χ3v) is 5.37. The van der Waals surface area contributed by atoms with Crippen LogP contribution in [-0.2, 0) is 20.7 Å². The third kappa shape index (κ3) is 2.77. The van der Waals surface area contributed by atoms with Crippen molar-refractivity contribution in [2.45, 2.75) is 44.1 Å². The standard InChI is InChI=1S/C18H24N2O3/c1-12-14-5-3-2-4-13(14)6-8-20(12)18(21)17-10-16-15(11-23-17)19-7-9-22-16/h2-5,12,15-17,19H,6-11H2,1H3/t12-,15+,16-,17+/m0/s1. The van der Waals surface area contributed by atoms with Crippen LogP contribution in [0.4, 0.5) is 0 Å². The first-order valence-electron chi connectivity index (χ1n) is 8.59. The summed E-state index contributed by atoms with van der Waals surface area (Å²) < 4.78 is 11.7. The van der Waals surface area contributed by atoms with Crippen molar-refractivity contribution in [1.82, 2.24) is 10.2 Å². The molecule has 2 saturated heterocycles. The Morgan fingerprint density at radius 3 is 3.09 bits per heavy atom. The molecule has 23 heavy (non-hydrogen) atoms. The number of amides is 1. The zero-order chi connectivity index (χ0) is 15.8. The maximum atomic E-state index is 13.0.